The highest BCUT2D eigenvalue weighted by atomic mass is 32.2. The number of benzene rings is 1. The fourth-order valence-electron chi connectivity index (χ4n) is 2.01. The monoisotopic (exact) mass is 447 g/mol. The summed E-state index contributed by atoms with van der Waals surface area (Å²) in [4.78, 5) is 16.2. The summed E-state index contributed by atoms with van der Waals surface area (Å²) in [6.07, 6.45) is 2.24. The minimum atomic E-state index is -3.19. The first-order valence-electron chi connectivity index (χ1n) is 7.78. The van der Waals surface area contributed by atoms with Gasteiger partial charge < -0.3 is 9.47 Å². The van der Waals surface area contributed by atoms with Gasteiger partial charge in [0.15, 0.2) is 5.13 Å². The predicted octanol–water partition coefficient (Wildman–Crippen LogP) is 4.92. The van der Waals surface area contributed by atoms with Crippen molar-refractivity contribution in [2.24, 2.45) is 0 Å². The summed E-state index contributed by atoms with van der Waals surface area (Å²) >= 11 is 2.48. The van der Waals surface area contributed by atoms with E-state index in [1.165, 1.54) is 35.2 Å². The molecule has 0 unspecified atom stereocenters. The van der Waals surface area contributed by atoms with Crippen molar-refractivity contribution in [3.63, 3.8) is 0 Å². The number of aryl methyl sites for hydroxylation is 1. The van der Waals surface area contributed by atoms with E-state index in [1.807, 2.05) is 6.07 Å². The van der Waals surface area contributed by atoms with E-state index in [2.05, 4.69) is 19.8 Å². The average molecular weight is 447 g/mol. The first kappa shape index (κ1) is 22.5. The van der Waals surface area contributed by atoms with Gasteiger partial charge in [-0.15, -0.1) is 0 Å². The van der Waals surface area contributed by atoms with Crippen LogP contribution in [0.2, 0.25) is 0 Å². The van der Waals surface area contributed by atoms with E-state index in [0.717, 1.165) is 22.4 Å². The summed E-state index contributed by atoms with van der Waals surface area (Å²) in [5, 5.41) is 11.4. The van der Waals surface area contributed by atoms with E-state index < -0.39 is 24.9 Å². The molecule has 0 spiro atoms. The molecule has 0 aliphatic rings. The largest absolute Gasteiger partial charge is 0.435 e. The van der Waals surface area contributed by atoms with Crippen molar-refractivity contribution in [1.82, 2.24) is 4.98 Å². The van der Waals surface area contributed by atoms with E-state index in [-0.39, 0.29) is 17.1 Å². The second kappa shape index (κ2) is 10.7. The van der Waals surface area contributed by atoms with Gasteiger partial charge in [-0.05, 0) is 25.1 Å². The van der Waals surface area contributed by atoms with Crippen LogP contribution in [0.3, 0.4) is 0 Å². The molecular weight excluding hydrogens is 434 g/mol. The number of carbonyl (C=O) groups is 1. The van der Waals surface area contributed by atoms with Gasteiger partial charge >= 0.3 is 13.2 Å². The van der Waals surface area contributed by atoms with Crippen molar-refractivity contribution >= 4 is 40.2 Å². The maximum atomic E-state index is 12.6. The molecule has 2 aromatic rings. The van der Waals surface area contributed by atoms with Crippen LogP contribution in [0, 0.1) is 18.3 Å². The van der Waals surface area contributed by atoms with Gasteiger partial charge in [-0.25, -0.2) is 4.98 Å². The number of nitrogens with zero attached hydrogens (tertiary/aromatic N) is 2. The van der Waals surface area contributed by atoms with Crippen LogP contribution < -0.4 is 14.8 Å². The summed E-state index contributed by atoms with van der Waals surface area (Å²) < 4.78 is 58.9. The van der Waals surface area contributed by atoms with Crippen molar-refractivity contribution in [1.29, 1.82) is 5.26 Å². The lowest BCUT2D eigenvalue weighted by atomic mass is 10.1. The molecule has 1 aromatic heterocycles. The van der Waals surface area contributed by atoms with Crippen LogP contribution in [0.4, 0.5) is 22.7 Å². The van der Waals surface area contributed by atoms with E-state index in [9.17, 15) is 22.4 Å². The number of halogens is 4. The molecule has 0 bridgehead atoms. The quantitative estimate of drug-likeness (QED) is 0.334. The fourth-order valence-corrected chi connectivity index (χ4v) is 3.81. The number of ether oxygens (including phenoxy) is 2. The maximum Gasteiger partial charge on any atom is 0.387 e. The zero-order chi connectivity index (χ0) is 21.4. The van der Waals surface area contributed by atoms with Gasteiger partial charge in [0, 0.05) is 17.7 Å². The number of rotatable bonds is 9. The number of anilines is 1. The first-order chi connectivity index (χ1) is 13.8. The lowest BCUT2D eigenvalue weighted by Crippen LogP contribution is -2.08. The highest BCUT2D eigenvalue weighted by molar-refractivity contribution is 8.01. The Labute approximate surface area is 171 Å². The van der Waals surface area contributed by atoms with Crippen molar-refractivity contribution in [2.45, 2.75) is 24.4 Å². The Hall–Kier alpha value is -2.78. The molecule has 0 radical (unpaired) electrons. The number of thiazole rings is 1. The highest BCUT2D eigenvalue weighted by Crippen LogP contribution is 2.32. The SMILES string of the molecule is Cc1nc(NC(=O)/C=C/c2ccc(OC(F)F)cc2OC(F)F)sc1SCC#N. The Bertz CT molecular complexity index is 929. The van der Waals surface area contributed by atoms with Crippen LogP contribution >= 0.6 is 23.1 Å². The van der Waals surface area contributed by atoms with Gasteiger partial charge in [0.25, 0.3) is 0 Å². The number of hydrogen-bond donors (Lipinski definition) is 1. The summed E-state index contributed by atoms with van der Waals surface area (Å²) in [5.74, 6) is -1.14. The van der Waals surface area contributed by atoms with Gasteiger partial charge in [0.1, 0.15) is 11.5 Å². The Morgan fingerprint density at radius 1 is 1.34 bits per heavy atom. The average Bonchev–Trinajstić information content (AvgIpc) is 2.97. The van der Waals surface area contributed by atoms with Gasteiger partial charge in [-0.1, -0.05) is 23.1 Å². The zero-order valence-corrected chi connectivity index (χ0v) is 16.3. The Morgan fingerprint density at radius 2 is 2.07 bits per heavy atom. The molecule has 12 heteroatoms. The third-order valence-electron chi connectivity index (χ3n) is 3.09. The molecule has 1 amide bonds. The van der Waals surface area contributed by atoms with Gasteiger partial charge in [-0.3, -0.25) is 10.1 Å². The molecule has 0 aliphatic carbocycles. The van der Waals surface area contributed by atoms with Crippen LogP contribution in [-0.4, -0.2) is 29.9 Å². The Kier molecular flexibility index (Phi) is 8.29. The van der Waals surface area contributed by atoms with Gasteiger partial charge in [0.2, 0.25) is 5.91 Å². The second-order valence-corrected chi connectivity index (χ2v) is 7.36. The van der Waals surface area contributed by atoms with E-state index in [0.29, 0.717) is 10.8 Å². The standard InChI is InChI=1S/C17H13F4N3O3S2/c1-9-14(28-7-6-22)29-17(23-9)24-13(25)5-3-10-2-4-11(26-15(18)19)8-12(10)27-16(20)21/h2-5,8,15-16H,7H2,1H3,(H,23,24,25)/b5-3+. The molecule has 6 nitrogen and oxygen atoms in total. The minimum Gasteiger partial charge on any atom is -0.435 e. The molecule has 29 heavy (non-hydrogen) atoms. The van der Waals surface area contributed by atoms with Crippen molar-refractivity contribution in [3.05, 3.63) is 35.5 Å². The number of carbonyl (C=O) groups excluding carboxylic acids is 1. The van der Waals surface area contributed by atoms with Gasteiger partial charge in [-0.2, -0.15) is 22.8 Å². The smallest absolute Gasteiger partial charge is 0.387 e. The van der Waals surface area contributed by atoms with Crippen molar-refractivity contribution in [3.8, 4) is 17.6 Å². The second-order valence-electron chi connectivity index (χ2n) is 5.12. The number of amides is 1. The van der Waals surface area contributed by atoms with E-state index in [4.69, 9.17) is 5.26 Å². The Balaban J connectivity index is 2.11. The molecule has 2 rings (SSSR count). The van der Waals surface area contributed by atoms with Crippen LogP contribution in [0.5, 0.6) is 11.5 Å². The van der Waals surface area contributed by atoms with Crippen LogP contribution in [0.25, 0.3) is 6.08 Å². The summed E-state index contributed by atoms with van der Waals surface area (Å²) in [6.45, 7) is -4.58. The third kappa shape index (κ3) is 7.28. The number of alkyl halides is 4. The molecule has 0 aliphatic heterocycles. The minimum absolute atomic E-state index is 0.0580. The topological polar surface area (TPSA) is 84.2 Å². The first-order valence-corrected chi connectivity index (χ1v) is 9.58. The van der Waals surface area contributed by atoms with Crippen LogP contribution in [0.1, 0.15) is 11.3 Å². The molecule has 1 heterocycles. The predicted molar refractivity (Wildman–Crippen MR) is 101 cm³/mol. The molecule has 0 fully saturated rings. The normalized spacial score (nSPS) is 11.1. The van der Waals surface area contributed by atoms with E-state index >= 15 is 0 Å². The maximum absolute atomic E-state index is 12.6. The summed E-state index contributed by atoms with van der Waals surface area (Å²) in [6, 6.07) is 5.19. The zero-order valence-electron chi connectivity index (χ0n) is 14.7. The number of aromatic nitrogens is 1. The third-order valence-corrected chi connectivity index (χ3v) is 5.39. The van der Waals surface area contributed by atoms with Crippen LogP contribution in [0.15, 0.2) is 28.5 Å². The highest BCUT2D eigenvalue weighted by Gasteiger charge is 2.13. The lowest BCUT2D eigenvalue weighted by Gasteiger charge is -2.11. The summed E-state index contributed by atoms with van der Waals surface area (Å²) in [5.41, 5.74) is 0.722. The molecule has 1 N–H and O–H groups in total. The van der Waals surface area contributed by atoms with E-state index in [1.54, 1.807) is 6.92 Å². The molecule has 0 saturated heterocycles. The molecule has 1 aromatic carbocycles. The molecule has 154 valence electrons. The summed E-state index contributed by atoms with van der Waals surface area (Å²) in [7, 11) is 0. The molecule has 0 atom stereocenters. The molecule has 0 saturated carbocycles. The number of nitrogens with one attached hydrogen (secondary N) is 1. The lowest BCUT2D eigenvalue weighted by molar-refractivity contribution is -0.111. The number of thioether (sulfide) groups is 1. The number of hydrogen-bond acceptors (Lipinski definition) is 7. The fraction of sp³-hybridized carbons (Fsp3) is 0.235. The van der Waals surface area contributed by atoms with Crippen LogP contribution in [-0.2, 0) is 4.79 Å². The molecular formula is C17H13F4N3O3S2. The number of nitriles is 1. The van der Waals surface area contributed by atoms with Crippen molar-refractivity contribution in [2.75, 3.05) is 11.1 Å². The Morgan fingerprint density at radius 3 is 2.72 bits per heavy atom. The van der Waals surface area contributed by atoms with Crippen molar-refractivity contribution < 1.29 is 31.8 Å². The van der Waals surface area contributed by atoms with Gasteiger partial charge in [0.05, 0.1) is 21.7 Å².